The van der Waals surface area contributed by atoms with E-state index in [0.717, 1.165) is 18.2 Å². The zero-order valence-electron chi connectivity index (χ0n) is 24.4. The molecule has 0 aliphatic carbocycles. The first kappa shape index (κ1) is 41.8. The zero-order chi connectivity index (χ0) is 37.3. The SMILES string of the molecule is Cc1cn(C2CCN(CC(F)(F)C(F)F)CC2)c2c(N)cc(S(=O)(=O)Nc3c(F)cc(Cl)cc3F)cc12.O=C(OC(Cl)(Cl)Cl)OC(Cl)(Cl)Cl. The number of sulfonamides is 1. The second-order valence-corrected chi connectivity index (χ2v) is 16.9. The smallest absolute Gasteiger partial charge is 0.397 e. The minimum Gasteiger partial charge on any atom is -0.397 e. The molecule has 1 aromatic heterocycles. The van der Waals surface area contributed by atoms with E-state index < -0.39 is 60.4 Å². The van der Waals surface area contributed by atoms with Gasteiger partial charge >= 0.3 is 26.5 Å². The maximum absolute atomic E-state index is 14.2. The molecule has 0 unspecified atom stereocenters. The van der Waals surface area contributed by atoms with Gasteiger partial charge in [0.05, 0.1) is 22.6 Å². The number of likely N-dealkylation sites (tertiary alicyclic amines) is 1. The van der Waals surface area contributed by atoms with Gasteiger partial charge in [-0.05, 0) is 119 Å². The van der Waals surface area contributed by atoms with Crippen molar-refractivity contribution in [2.24, 2.45) is 0 Å². The number of carbonyl (C=O) groups excluding carboxylic acids is 1. The van der Waals surface area contributed by atoms with Crippen LogP contribution < -0.4 is 10.5 Å². The van der Waals surface area contributed by atoms with Gasteiger partial charge in [-0.1, -0.05) is 11.6 Å². The maximum atomic E-state index is 14.2. The lowest BCUT2D eigenvalue weighted by Crippen LogP contribution is -2.45. The highest BCUT2D eigenvalue weighted by atomic mass is 35.6. The summed E-state index contributed by atoms with van der Waals surface area (Å²) < 4.78 is 113. The molecule has 0 radical (unpaired) electrons. The number of ether oxygens (including phenoxy) is 2. The Balaban J connectivity index is 0.000000463. The normalized spacial score (nSPS) is 15.2. The molecule has 9 nitrogen and oxygen atoms in total. The molecule has 0 spiro atoms. The second kappa shape index (κ2) is 15.9. The van der Waals surface area contributed by atoms with Crippen molar-refractivity contribution in [3.63, 3.8) is 0 Å². The highest BCUT2D eigenvalue weighted by molar-refractivity contribution is 7.92. The highest BCUT2D eigenvalue weighted by Gasteiger charge is 2.43. The van der Waals surface area contributed by atoms with Crippen LogP contribution in [0.4, 0.5) is 42.5 Å². The first-order valence-corrected chi connectivity index (χ1v) is 17.4. The predicted molar refractivity (Wildman–Crippen MR) is 177 cm³/mol. The molecule has 1 saturated heterocycles. The van der Waals surface area contributed by atoms with Crippen molar-refractivity contribution in [3.05, 3.63) is 52.7 Å². The van der Waals surface area contributed by atoms with Crippen molar-refractivity contribution in [3.8, 4) is 0 Å². The zero-order valence-corrected chi connectivity index (χ0v) is 30.5. The number of nitrogens with two attached hydrogens (primary N) is 1. The van der Waals surface area contributed by atoms with E-state index >= 15 is 0 Å². The van der Waals surface area contributed by atoms with Crippen LogP contribution in [-0.2, 0) is 19.5 Å². The first-order valence-electron chi connectivity index (χ1n) is 13.3. The Morgan fingerprint density at radius 2 is 1.51 bits per heavy atom. The number of aromatic nitrogens is 1. The lowest BCUT2D eigenvalue weighted by Gasteiger charge is -2.34. The third kappa shape index (κ3) is 11.7. The number of halogens is 13. The largest absolute Gasteiger partial charge is 0.515 e. The van der Waals surface area contributed by atoms with Gasteiger partial charge in [0, 0.05) is 35.7 Å². The number of piperidine rings is 1. The van der Waals surface area contributed by atoms with Crippen molar-refractivity contribution in [1.82, 2.24) is 9.47 Å². The summed E-state index contributed by atoms with van der Waals surface area (Å²) >= 11 is 35.8. The summed E-state index contributed by atoms with van der Waals surface area (Å²) in [5.74, 6) is -6.48. The van der Waals surface area contributed by atoms with E-state index in [1.165, 1.54) is 11.0 Å². The number of nitrogen functional groups attached to an aromatic ring is 1. The number of carbonyl (C=O) groups is 1. The van der Waals surface area contributed by atoms with Gasteiger partial charge in [0.25, 0.3) is 10.0 Å². The van der Waals surface area contributed by atoms with E-state index in [9.17, 15) is 39.6 Å². The summed E-state index contributed by atoms with van der Waals surface area (Å²) in [5, 5.41) is 0.234. The average molecular weight is 866 g/mol. The molecule has 2 aromatic carbocycles. The van der Waals surface area contributed by atoms with Crippen LogP contribution in [0.15, 0.2) is 35.4 Å². The quantitative estimate of drug-likeness (QED) is 0.105. The summed E-state index contributed by atoms with van der Waals surface area (Å²) in [6.07, 6.45) is -2.63. The molecule has 274 valence electrons. The molecule has 23 heteroatoms. The van der Waals surface area contributed by atoms with Crippen molar-refractivity contribution in [2.75, 3.05) is 30.1 Å². The fourth-order valence-corrected chi connectivity index (χ4v) is 6.48. The van der Waals surface area contributed by atoms with Gasteiger partial charge in [0.1, 0.15) is 5.69 Å². The van der Waals surface area contributed by atoms with Gasteiger partial charge < -0.3 is 19.8 Å². The van der Waals surface area contributed by atoms with Crippen LogP contribution in [0.3, 0.4) is 0 Å². The molecule has 49 heavy (non-hydrogen) atoms. The van der Waals surface area contributed by atoms with Crippen molar-refractivity contribution in [2.45, 2.75) is 51.0 Å². The summed E-state index contributed by atoms with van der Waals surface area (Å²) in [5.41, 5.74) is 6.58. The van der Waals surface area contributed by atoms with E-state index in [-0.39, 0.29) is 34.7 Å². The molecule has 3 aromatic rings. The molecule has 0 amide bonds. The topological polar surface area (TPSA) is 116 Å². The fraction of sp³-hybridized carbons (Fsp3) is 0.423. The standard InChI is InChI=1S/C23H23ClF6N4O2S.C3Cl6O3/c1-12-10-34(14-2-4-33(5-3-14)11-23(29,30)22(27)28)21-16(12)8-15(9-19(21)31)37(35,36)32-20-17(25)6-13(24)7-18(20)26;4-2(5,6)11-1(10)12-3(7,8)9/h6-10,14,22,32H,2-5,11,31H2,1H3;. The van der Waals surface area contributed by atoms with Crippen LogP contribution in [0.2, 0.25) is 5.02 Å². The lowest BCUT2D eigenvalue weighted by molar-refractivity contribution is -0.144. The molecule has 0 atom stereocenters. The van der Waals surface area contributed by atoms with Crippen LogP contribution in [-0.4, -0.2) is 64.0 Å². The van der Waals surface area contributed by atoms with Gasteiger partial charge in [-0.2, -0.15) is 8.78 Å². The van der Waals surface area contributed by atoms with Crippen LogP contribution in [0, 0.1) is 18.6 Å². The summed E-state index contributed by atoms with van der Waals surface area (Å²) in [7, 11) is -4.45. The van der Waals surface area contributed by atoms with Gasteiger partial charge in [-0.3, -0.25) is 9.62 Å². The van der Waals surface area contributed by atoms with Crippen molar-refractivity contribution in [1.29, 1.82) is 0 Å². The number of fused-ring (bicyclic) bond motifs is 1. The maximum Gasteiger partial charge on any atom is 0.515 e. The van der Waals surface area contributed by atoms with E-state index in [2.05, 4.69) is 9.47 Å². The number of hydrogen-bond acceptors (Lipinski definition) is 7. The van der Waals surface area contributed by atoms with E-state index in [0.29, 0.717) is 29.3 Å². The minimum atomic E-state index is -4.45. The number of rotatable bonds is 7. The van der Waals surface area contributed by atoms with Gasteiger partial charge in [0.2, 0.25) is 0 Å². The number of benzene rings is 2. The van der Waals surface area contributed by atoms with Gasteiger partial charge in [-0.15, -0.1) is 0 Å². The average Bonchev–Trinajstić information content (AvgIpc) is 3.26. The molecule has 2 heterocycles. The Morgan fingerprint density at radius 1 is 1.00 bits per heavy atom. The molecule has 1 aliphatic rings. The van der Waals surface area contributed by atoms with E-state index in [4.69, 9.17) is 86.9 Å². The Kier molecular flexibility index (Phi) is 13.6. The lowest BCUT2D eigenvalue weighted by atomic mass is 10.0. The van der Waals surface area contributed by atoms with Crippen molar-refractivity contribution >= 4 is 120 Å². The summed E-state index contributed by atoms with van der Waals surface area (Å²) in [6, 6.07) is 3.83. The molecule has 4 rings (SSSR count). The van der Waals surface area contributed by atoms with Crippen LogP contribution in [0.5, 0.6) is 0 Å². The third-order valence-corrected chi connectivity index (χ3v) is 8.79. The molecule has 0 bridgehead atoms. The third-order valence-electron chi connectivity index (χ3n) is 6.78. The number of hydrogen-bond donors (Lipinski definition) is 2. The van der Waals surface area contributed by atoms with Gasteiger partial charge in [0.15, 0.2) is 11.6 Å². The number of aryl methyl sites for hydroxylation is 1. The monoisotopic (exact) mass is 862 g/mol. The Hall–Kier alpha value is -1.63. The molecule has 1 aliphatic heterocycles. The summed E-state index contributed by atoms with van der Waals surface area (Å²) in [6.45, 7) is 1.02. The first-order chi connectivity index (χ1) is 22.3. The Bertz CT molecular complexity index is 1740. The Morgan fingerprint density at radius 3 is 1.98 bits per heavy atom. The highest BCUT2D eigenvalue weighted by Crippen LogP contribution is 2.37. The Labute approximate surface area is 310 Å². The fourth-order valence-electron chi connectivity index (χ4n) is 4.77. The molecule has 0 saturated carbocycles. The molecular formula is C26H23Cl7F6N4O5S. The van der Waals surface area contributed by atoms with Crippen LogP contribution in [0.1, 0.15) is 24.4 Å². The second-order valence-electron chi connectivity index (χ2n) is 10.4. The minimum absolute atomic E-state index is 0.0784. The molecular weight excluding hydrogens is 843 g/mol. The van der Waals surface area contributed by atoms with Crippen LogP contribution in [0.25, 0.3) is 10.9 Å². The van der Waals surface area contributed by atoms with E-state index in [1.807, 2.05) is 9.29 Å². The number of nitrogens with one attached hydrogen (secondary N) is 1. The summed E-state index contributed by atoms with van der Waals surface area (Å²) in [4.78, 5) is 11.5. The number of anilines is 2. The van der Waals surface area contributed by atoms with E-state index in [1.54, 1.807) is 13.1 Å². The van der Waals surface area contributed by atoms with Gasteiger partial charge in [-0.25, -0.2) is 30.8 Å². The van der Waals surface area contributed by atoms with Crippen molar-refractivity contribution < 1.29 is 49.0 Å². The number of alkyl halides is 10. The van der Waals surface area contributed by atoms with Crippen LogP contribution >= 0.6 is 81.2 Å². The molecule has 1 fully saturated rings. The number of nitrogens with zero attached hydrogens (tertiary/aromatic N) is 2. The predicted octanol–water partition coefficient (Wildman–Crippen LogP) is 9.60. The molecule has 3 N–H and O–H groups in total.